The average Bonchev–Trinajstić information content (AvgIpc) is 2.79. The van der Waals surface area contributed by atoms with Crippen molar-refractivity contribution in [1.82, 2.24) is 0 Å². The van der Waals surface area contributed by atoms with E-state index in [4.69, 9.17) is 22.1 Å². The summed E-state index contributed by atoms with van der Waals surface area (Å²) in [6.45, 7) is 0.667. The van der Waals surface area contributed by atoms with E-state index in [2.05, 4.69) is 6.07 Å². The zero-order valence-corrected chi connectivity index (χ0v) is 10.4. The van der Waals surface area contributed by atoms with E-state index in [1.54, 1.807) is 7.11 Å². The Morgan fingerprint density at radius 2 is 2.06 bits per heavy atom. The van der Waals surface area contributed by atoms with Gasteiger partial charge in [0.05, 0.1) is 12.1 Å². The lowest BCUT2D eigenvalue weighted by Crippen LogP contribution is -2.32. The summed E-state index contributed by atoms with van der Waals surface area (Å²) in [5.74, 6) is 0.749. The van der Waals surface area contributed by atoms with E-state index in [-0.39, 0.29) is 5.41 Å². The van der Waals surface area contributed by atoms with Gasteiger partial charge >= 0.3 is 0 Å². The summed E-state index contributed by atoms with van der Waals surface area (Å²) in [5, 5.41) is 0.734. The maximum Gasteiger partial charge on any atom is 0.137 e. The number of rotatable bonds is 3. The number of hydrogen-bond acceptors (Lipinski definition) is 2. The summed E-state index contributed by atoms with van der Waals surface area (Å²) in [6, 6.07) is 5.98. The Morgan fingerprint density at radius 3 is 2.62 bits per heavy atom. The Hall–Kier alpha value is -0.730. The van der Waals surface area contributed by atoms with Crippen LogP contribution >= 0.6 is 11.6 Å². The molecule has 1 aromatic rings. The zero-order chi connectivity index (χ0) is 11.6. The molecule has 88 valence electrons. The molecule has 0 bridgehead atoms. The van der Waals surface area contributed by atoms with E-state index in [1.807, 2.05) is 12.1 Å². The minimum atomic E-state index is 0.0750. The molecule has 1 saturated carbocycles. The van der Waals surface area contributed by atoms with Crippen molar-refractivity contribution in [3.8, 4) is 5.75 Å². The largest absolute Gasteiger partial charge is 0.495 e. The fraction of sp³-hybridized carbons (Fsp3) is 0.538. The third-order valence-electron chi connectivity index (χ3n) is 3.71. The standard InChI is InChI=1S/C13H18ClNO/c1-16-11-6-4-5-10(12(11)14)13(9-15)7-2-3-8-13/h4-6H,2-3,7-9,15H2,1H3. The van der Waals surface area contributed by atoms with Crippen molar-refractivity contribution in [2.24, 2.45) is 5.73 Å². The van der Waals surface area contributed by atoms with Crippen LogP contribution in [0.5, 0.6) is 5.75 Å². The van der Waals surface area contributed by atoms with Crippen molar-refractivity contribution >= 4 is 11.6 Å². The van der Waals surface area contributed by atoms with Gasteiger partial charge in [-0.05, 0) is 24.5 Å². The van der Waals surface area contributed by atoms with Crippen molar-refractivity contribution in [2.45, 2.75) is 31.1 Å². The Kier molecular flexibility index (Phi) is 3.41. The smallest absolute Gasteiger partial charge is 0.137 e. The van der Waals surface area contributed by atoms with Gasteiger partial charge in [-0.1, -0.05) is 36.6 Å². The molecule has 1 aliphatic carbocycles. The molecule has 1 aliphatic rings. The summed E-state index contributed by atoms with van der Waals surface area (Å²) in [6.07, 6.45) is 4.75. The van der Waals surface area contributed by atoms with E-state index >= 15 is 0 Å². The second kappa shape index (κ2) is 4.64. The monoisotopic (exact) mass is 239 g/mol. The van der Waals surface area contributed by atoms with Crippen molar-refractivity contribution < 1.29 is 4.74 Å². The molecular formula is C13H18ClNO. The number of hydrogen-bond donors (Lipinski definition) is 1. The topological polar surface area (TPSA) is 35.2 Å². The van der Waals surface area contributed by atoms with Crippen LogP contribution in [0, 0.1) is 0 Å². The lowest BCUT2D eigenvalue weighted by molar-refractivity contribution is 0.408. The third kappa shape index (κ3) is 1.80. The molecule has 0 spiro atoms. The van der Waals surface area contributed by atoms with E-state index in [0.29, 0.717) is 6.54 Å². The van der Waals surface area contributed by atoms with Crippen LogP contribution in [0.3, 0.4) is 0 Å². The molecular weight excluding hydrogens is 222 g/mol. The molecule has 2 nitrogen and oxygen atoms in total. The summed E-state index contributed by atoms with van der Waals surface area (Å²) < 4.78 is 5.26. The van der Waals surface area contributed by atoms with Gasteiger partial charge in [-0.25, -0.2) is 0 Å². The van der Waals surface area contributed by atoms with Crippen LogP contribution in [0.25, 0.3) is 0 Å². The highest BCUT2D eigenvalue weighted by atomic mass is 35.5. The van der Waals surface area contributed by atoms with Crippen LogP contribution < -0.4 is 10.5 Å². The molecule has 0 atom stereocenters. The summed E-state index contributed by atoms with van der Waals surface area (Å²) in [5.41, 5.74) is 7.20. The van der Waals surface area contributed by atoms with E-state index in [9.17, 15) is 0 Å². The molecule has 0 saturated heterocycles. The second-order valence-electron chi connectivity index (χ2n) is 4.51. The quantitative estimate of drug-likeness (QED) is 0.880. The lowest BCUT2D eigenvalue weighted by Gasteiger charge is -2.29. The van der Waals surface area contributed by atoms with Crippen molar-refractivity contribution in [1.29, 1.82) is 0 Å². The molecule has 1 fully saturated rings. The molecule has 2 rings (SSSR count). The number of benzene rings is 1. The maximum atomic E-state index is 6.38. The highest BCUT2D eigenvalue weighted by molar-refractivity contribution is 6.33. The van der Waals surface area contributed by atoms with Gasteiger partial charge < -0.3 is 10.5 Å². The lowest BCUT2D eigenvalue weighted by atomic mass is 9.79. The first kappa shape index (κ1) is 11.7. The van der Waals surface area contributed by atoms with E-state index < -0.39 is 0 Å². The normalized spacial score (nSPS) is 18.7. The zero-order valence-electron chi connectivity index (χ0n) is 9.63. The number of halogens is 1. The van der Waals surface area contributed by atoms with Crippen LogP contribution in [0.15, 0.2) is 18.2 Å². The molecule has 1 aromatic carbocycles. The number of ether oxygens (including phenoxy) is 1. The second-order valence-corrected chi connectivity index (χ2v) is 4.89. The van der Waals surface area contributed by atoms with Gasteiger partial charge in [-0.3, -0.25) is 0 Å². The minimum absolute atomic E-state index is 0.0750. The molecule has 0 aliphatic heterocycles. The van der Waals surface area contributed by atoms with Gasteiger partial charge in [0, 0.05) is 12.0 Å². The Labute approximate surface area is 102 Å². The van der Waals surface area contributed by atoms with Crippen molar-refractivity contribution in [2.75, 3.05) is 13.7 Å². The van der Waals surface area contributed by atoms with Crippen LogP contribution in [0.2, 0.25) is 5.02 Å². The summed E-state index contributed by atoms with van der Waals surface area (Å²) >= 11 is 6.38. The number of nitrogens with two attached hydrogens (primary N) is 1. The predicted octanol–water partition coefficient (Wildman–Crippen LogP) is 3.12. The number of methoxy groups -OCH3 is 1. The van der Waals surface area contributed by atoms with Gasteiger partial charge in [0.15, 0.2) is 0 Å². The Bertz CT molecular complexity index is 372. The van der Waals surface area contributed by atoms with Crippen LogP contribution in [0.1, 0.15) is 31.2 Å². The minimum Gasteiger partial charge on any atom is -0.495 e. The molecule has 0 heterocycles. The van der Waals surface area contributed by atoms with Gasteiger partial charge in [-0.15, -0.1) is 0 Å². The highest BCUT2D eigenvalue weighted by Gasteiger charge is 2.36. The van der Waals surface area contributed by atoms with Crippen LogP contribution in [-0.2, 0) is 5.41 Å². The summed E-state index contributed by atoms with van der Waals surface area (Å²) in [4.78, 5) is 0. The van der Waals surface area contributed by atoms with E-state index in [1.165, 1.54) is 12.8 Å². The van der Waals surface area contributed by atoms with Gasteiger partial charge in [0.25, 0.3) is 0 Å². The first-order chi connectivity index (χ1) is 7.73. The fourth-order valence-corrected chi connectivity index (χ4v) is 3.12. The SMILES string of the molecule is COc1cccc(C2(CN)CCCC2)c1Cl. The molecule has 0 amide bonds. The molecule has 2 N–H and O–H groups in total. The van der Waals surface area contributed by atoms with Crippen molar-refractivity contribution in [3.63, 3.8) is 0 Å². The molecule has 0 unspecified atom stereocenters. The predicted molar refractivity (Wildman–Crippen MR) is 67.2 cm³/mol. The van der Waals surface area contributed by atoms with E-state index in [0.717, 1.165) is 29.2 Å². The van der Waals surface area contributed by atoms with Gasteiger partial charge in [0.1, 0.15) is 5.75 Å². The molecule has 0 radical (unpaired) electrons. The van der Waals surface area contributed by atoms with Crippen LogP contribution in [0.4, 0.5) is 0 Å². The van der Waals surface area contributed by atoms with Crippen molar-refractivity contribution in [3.05, 3.63) is 28.8 Å². The highest BCUT2D eigenvalue weighted by Crippen LogP contribution is 2.45. The maximum absolute atomic E-state index is 6.38. The molecule has 3 heteroatoms. The van der Waals surface area contributed by atoms with Crippen LogP contribution in [-0.4, -0.2) is 13.7 Å². The fourth-order valence-electron chi connectivity index (χ4n) is 2.71. The summed E-state index contributed by atoms with van der Waals surface area (Å²) in [7, 11) is 1.65. The Balaban J connectivity index is 2.46. The van der Waals surface area contributed by atoms with Gasteiger partial charge in [0.2, 0.25) is 0 Å². The first-order valence-corrected chi connectivity index (χ1v) is 6.14. The Morgan fingerprint density at radius 1 is 1.38 bits per heavy atom. The third-order valence-corrected chi connectivity index (χ3v) is 4.10. The average molecular weight is 240 g/mol. The molecule has 0 aromatic heterocycles. The molecule has 16 heavy (non-hydrogen) atoms. The van der Waals surface area contributed by atoms with Gasteiger partial charge in [-0.2, -0.15) is 0 Å². The first-order valence-electron chi connectivity index (χ1n) is 5.76.